The molecule has 192 valence electrons. The summed E-state index contributed by atoms with van der Waals surface area (Å²) in [5, 5.41) is 0. The van der Waals surface area contributed by atoms with Gasteiger partial charge in [-0.15, -0.1) is 17.2 Å². The van der Waals surface area contributed by atoms with Gasteiger partial charge in [-0.25, -0.2) is 0 Å². The molecule has 0 saturated heterocycles. The highest BCUT2D eigenvalue weighted by molar-refractivity contribution is 14.2. The van der Waals surface area contributed by atoms with Crippen LogP contribution in [0.25, 0.3) is 0 Å². The molecule has 0 bridgehead atoms. The first-order valence-electron chi connectivity index (χ1n) is 4.73. The maximum absolute atomic E-state index is 11.8. The monoisotopic (exact) mass is 1170 g/mol. The van der Waals surface area contributed by atoms with Gasteiger partial charge in [-0.2, -0.15) is 36.8 Å². The third-order valence-corrected chi connectivity index (χ3v) is 0.679. The van der Waals surface area contributed by atoms with Crippen molar-refractivity contribution in [2.75, 3.05) is 0 Å². The lowest BCUT2D eigenvalue weighted by atomic mass is 10.5. The quantitative estimate of drug-likeness (QED) is 0.188. The number of rotatable bonds is 0. The fourth-order valence-electron chi connectivity index (χ4n) is 0.378. The van der Waals surface area contributed by atoms with Crippen molar-refractivity contribution in [1.29, 1.82) is 0 Å². The van der Waals surface area contributed by atoms with Crippen molar-refractivity contribution >= 4 is 122 Å². The van der Waals surface area contributed by atoms with Gasteiger partial charge in [-0.05, 0) is 0 Å². The van der Waals surface area contributed by atoms with Crippen LogP contribution in [0.3, 0.4) is 0 Å². The molecule has 0 N–H and O–H groups in total. The molecule has 0 aliphatic carbocycles. The van der Waals surface area contributed by atoms with Crippen molar-refractivity contribution in [2.24, 2.45) is 0 Å². The maximum atomic E-state index is 11.8. The van der Waals surface area contributed by atoms with Crippen LogP contribution in [0.15, 0.2) is 30.6 Å². The van der Waals surface area contributed by atoms with Crippen LogP contribution in [-0.4, -0.2) is 0 Å². The van der Waals surface area contributed by atoms with E-state index in [1.807, 2.05) is 0 Å². The molecule has 0 saturated carbocycles. The van der Waals surface area contributed by atoms with Crippen LogP contribution in [-0.2, 0) is 36.8 Å². The summed E-state index contributed by atoms with van der Waals surface area (Å²) in [5.41, 5.74) is 0. The number of halogens is 13. The minimum Gasteiger partial charge on any atom is -0.197 e. The van der Waals surface area contributed by atoms with Crippen LogP contribution in [0.1, 0.15) is 0 Å². The normalized spacial score (nSPS) is 8.55. The number of pyridine rings is 1. The third-order valence-electron chi connectivity index (χ3n) is 0.679. The standard InChI is InChI=1S/C5H5FN.6FIO2/c6-7-4-2-1-3-5-7;6*1-2(3)4/h1-5H;;;;;;/q+1;;;;;;. The minimum absolute atomic E-state index is 0.500. The smallest absolute Gasteiger partial charge is 0.197 e. The van der Waals surface area contributed by atoms with Gasteiger partial charge in [0.05, 0.1) is 4.48 Å². The molecule has 0 aliphatic rings. The second kappa shape index (κ2) is 37.9. The predicted octanol–water partition coefficient (Wildman–Crippen LogP) is 7.12. The highest BCUT2D eigenvalue weighted by atomic mass is 127. The second-order valence-corrected chi connectivity index (χ2v) is 8.45. The molecule has 1 rings (SSSR count). The first-order valence-corrected chi connectivity index (χ1v) is 20.2. The van der Waals surface area contributed by atoms with Crippen LogP contribution in [0, 0.1) is 0 Å². The fourth-order valence-corrected chi connectivity index (χ4v) is 0.378. The van der Waals surface area contributed by atoms with E-state index in [1.54, 1.807) is 18.2 Å². The number of nitrogens with zero attached hydrogens (tertiary/aromatic N) is 1. The Morgan fingerprint density at radius 3 is 0.581 bits per heavy atom. The third kappa shape index (κ3) is 337. The molecule has 0 spiro atoms. The van der Waals surface area contributed by atoms with Crippen LogP contribution >= 0.6 is 122 Å². The van der Waals surface area contributed by atoms with Gasteiger partial charge in [0.2, 0.25) is 12.4 Å². The summed E-state index contributed by atoms with van der Waals surface area (Å²) in [6, 6.07) is 5.01. The molecule has 1 heterocycles. The molecular formula is C5H5F7I6NO12+. The maximum Gasteiger partial charge on any atom is 0.503 e. The Morgan fingerprint density at radius 1 is 0.387 bits per heavy atom. The zero-order valence-electron chi connectivity index (χ0n) is 13.1. The number of aromatic nitrogens is 1. The highest BCUT2D eigenvalue weighted by Gasteiger charge is 1.86. The average Bonchev–Trinajstić information content (AvgIpc) is 2.44. The van der Waals surface area contributed by atoms with E-state index in [9.17, 15) is 21.6 Å². The molecule has 13 nitrogen and oxygen atoms in total. The van der Waals surface area contributed by atoms with Crippen molar-refractivity contribution in [3.63, 3.8) is 0 Å². The Morgan fingerprint density at radius 2 is 0.516 bits per heavy atom. The van der Waals surface area contributed by atoms with E-state index >= 15 is 0 Å². The highest BCUT2D eigenvalue weighted by Crippen LogP contribution is 2.01. The molecule has 26 heteroatoms. The topological polar surface area (TPSA) is 209 Å². The van der Waals surface area contributed by atoms with E-state index in [0.29, 0.717) is 4.79 Å². The lowest BCUT2D eigenvalue weighted by Crippen LogP contribution is -2.18. The fraction of sp³-hybridized carbons (Fsp3) is 0. The summed E-state index contributed by atoms with van der Waals surface area (Å²) in [4.78, 5) is 0.500. The minimum atomic E-state index is -4.26. The Bertz CT molecular complexity index is 764. The number of hydrogen-bond donors (Lipinski definition) is 0. The van der Waals surface area contributed by atoms with Crippen LogP contribution in [0.4, 0.5) is 21.6 Å². The molecule has 0 unspecified atom stereocenters. The van der Waals surface area contributed by atoms with E-state index in [1.165, 1.54) is 12.4 Å². The first kappa shape index (κ1) is 45.2. The molecule has 0 radical (unpaired) electrons. The van der Waals surface area contributed by atoms with Gasteiger partial charge in [-0.3, -0.25) is 0 Å². The molecule has 0 aliphatic heterocycles. The van der Waals surface area contributed by atoms with Crippen molar-refractivity contribution in [1.82, 2.24) is 0 Å². The zero-order chi connectivity index (χ0) is 26.6. The van der Waals surface area contributed by atoms with Crippen LogP contribution in [0.5, 0.6) is 0 Å². The van der Waals surface area contributed by atoms with Crippen molar-refractivity contribution in [3.8, 4) is 0 Å². The second-order valence-electron chi connectivity index (χ2n) is 2.30. The van der Waals surface area contributed by atoms with Crippen molar-refractivity contribution < 1.29 is 63.3 Å². The van der Waals surface area contributed by atoms with Crippen LogP contribution in [0.2, 0.25) is 0 Å². The van der Waals surface area contributed by atoms with Gasteiger partial charge in [0.15, 0.2) is 0 Å². The van der Waals surface area contributed by atoms with Gasteiger partial charge in [0, 0.05) is 16.9 Å². The summed E-state index contributed by atoms with van der Waals surface area (Å²) < 4.78 is 174. The van der Waals surface area contributed by atoms with E-state index in [4.69, 9.17) is 36.8 Å². The Balaban J connectivity index is -0.0000000599. The largest absolute Gasteiger partial charge is 0.503 e. The lowest BCUT2D eigenvalue weighted by Gasteiger charge is -1.69. The molecule has 0 aromatic carbocycles. The molecule has 1 aromatic heterocycles. The zero-order valence-corrected chi connectivity index (χ0v) is 26.1. The van der Waals surface area contributed by atoms with E-state index < -0.39 is 122 Å². The average molecular weight is 1170 g/mol. The van der Waals surface area contributed by atoms with Gasteiger partial charge in [0.25, 0.3) is 0 Å². The summed E-state index contributed by atoms with van der Waals surface area (Å²) >= 11 is -25.6. The molecule has 0 fully saturated rings. The van der Waals surface area contributed by atoms with E-state index in [-0.39, 0.29) is 0 Å². The molecule has 0 amide bonds. The van der Waals surface area contributed by atoms with Crippen molar-refractivity contribution in [3.05, 3.63) is 30.6 Å². The van der Waals surface area contributed by atoms with Gasteiger partial charge < -0.3 is 0 Å². The van der Waals surface area contributed by atoms with Crippen LogP contribution < -0.4 is 4.79 Å². The first-order chi connectivity index (χ1) is 13.8. The predicted molar refractivity (Wildman–Crippen MR) is 122 cm³/mol. The summed E-state index contributed by atoms with van der Waals surface area (Å²) in [6.07, 6.45) is 2.67. The van der Waals surface area contributed by atoms with E-state index in [2.05, 4.69) is 0 Å². The number of hydrogen-bond acceptors (Lipinski definition) is 12. The van der Waals surface area contributed by atoms with Gasteiger partial charge in [-0.1, -0.05) is 6.07 Å². The Hall–Kier alpha value is 0.640. The SMILES string of the molecule is F[n+]1ccccc1.O=I(=O)F.O=I(=O)F.O=I(=O)F.O=I(=O)F.O=I(=O)F.O=I(=O)F. The molecule has 1 aromatic rings. The Labute approximate surface area is 212 Å². The summed E-state index contributed by atoms with van der Waals surface area (Å²) in [7, 11) is 0. The van der Waals surface area contributed by atoms with Crippen molar-refractivity contribution in [2.45, 2.75) is 0 Å². The molecular weight excluding hydrogens is 1160 g/mol. The summed E-state index contributed by atoms with van der Waals surface area (Å²) in [5.74, 6) is 0. The molecule has 31 heavy (non-hydrogen) atoms. The lowest BCUT2D eigenvalue weighted by molar-refractivity contribution is -0.843. The van der Waals surface area contributed by atoms with Gasteiger partial charge in [0.1, 0.15) is 0 Å². The van der Waals surface area contributed by atoms with E-state index in [0.717, 1.165) is 0 Å². The molecule has 0 atom stereocenters. The van der Waals surface area contributed by atoms with Gasteiger partial charge >= 0.3 is 122 Å². The Kier molecular flexibility index (Phi) is 55.3. The summed E-state index contributed by atoms with van der Waals surface area (Å²) in [6.45, 7) is 0.